The third-order valence-corrected chi connectivity index (χ3v) is 19.2. The Morgan fingerprint density at radius 1 is 0.344 bits per heavy atom. The van der Waals surface area contributed by atoms with Crippen molar-refractivity contribution in [3.63, 3.8) is 0 Å². The first-order valence-corrected chi connectivity index (χ1v) is 36.6. The van der Waals surface area contributed by atoms with Crippen molar-refractivity contribution in [1.29, 1.82) is 0 Å². The molecule has 0 spiro atoms. The predicted octanol–water partition coefficient (Wildman–Crippen LogP) is 19.3. The standard InChI is InChI=1S/C40H77N7.C36H69N7/c1-16-18-20-22-46(30-24-36(6,7)29-37(8,9)25-30)33-41-32(44-40(14,15)28-35(3,4)5)42-34(43-33)47(23-21-19-17-2)31-26-38(10,11)45-39(12,13)27-31;1-16-18-42(26-20-32(6,7)25-33(8,9)21-26)29-37-28(40-36(14,15)24-31(3,4)5)38-30(39-29)43(19-17-2)27-22-34(10,11)41-35(12,13)23-27/h30-31,45H,16-29H2,1-15H3,(H,41,42,43,44);26-27,41H,16-25H2,1-15H3,(H,37,38,39,40). The highest BCUT2D eigenvalue weighted by Crippen LogP contribution is 2.50. The minimum Gasteiger partial charge on any atom is -0.349 e. The van der Waals surface area contributed by atoms with Crippen molar-refractivity contribution in [2.75, 3.05) is 56.4 Å². The Labute approximate surface area is 556 Å². The topological polar surface area (TPSA) is 138 Å². The van der Waals surface area contributed by atoms with E-state index < -0.39 is 0 Å². The predicted molar refractivity (Wildman–Crippen MR) is 391 cm³/mol. The Morgan fingerprint density at radius 3 is 0.822 bits per heavy atom. The molecule has 0 aromatic carbocycles. The van der Waals surface area contributed by atoms with E-state index >= 15 is 0 Å². The molecule has 90 heavy (non-hydrogen) atoms. The van der Waals surface area contributed by atoms with Crippen molar-refractivity contribution in [1.82, 2.24) is 40.5 Å². The summed E-state index contributed by atoms with van der Waals surface area (Å²) >= 11 is 0. The number of hydrogen-bond donors (Lipinski definition) is 4. The summed E-state index contributed by atoms with van der Waals surface area (Å²) in [4.78, 5) is 42.2. The van der Waals surface area contributed by atoms with Crippen LogP contribution in [0.4, 0.5) is 35.7 Å². The summed E-state index contributed by atoms with van der Waals surface area (Å²) in [5.74, 6) is 4.82. The van der Waals surface area contributed by atoms with E-state index in [4.69, 9.17) is 29.9 Å². The SMILES string of the molecule is CCCCCN(c1nc(NC(C)(C)CC(C)(C)C)nc(N(CCCCC)C2CC(C)(C)NC(C)(C)C2)n1)C1CC(C)(C)CC(C)(C)C1.CCCN(c1nc(NC(C)(C)CC(C)(C)C)nc(N(CCC)C2CC(C)(C)NC(C)(C)C2)n1)C1CC(C)(C)CC(C)(C)C1. The third-order valence-electron chi connectivity index (χ3n) is 19.2. The van der Waals surface area contributed by atoms with Crippen LogP contribution in [0.5, 0.6) is 0 Å². The van der Waals surface area contributed by atoms with E-state index in [-0.39, 0.29) is 65.7 Å². The molecule has 0 amide bonds. The van der Waals surface area contributed by atoms with Gasteiger partial charge in [-0.1, -0.05) is 150 Å². The highest BCUT2D eigenvalue weighted by molar-refractivity contribution is 5.50. The van der Waals surface area contributed by atoms with Crippen molar-refractivity contribution < 1.29 is 0 Å². The molecule has 4 heterocycles. The lowest BCUT2D eigenvalue weighted by Crippen LogP contribution is -2.62. The summed E-state index contributed by atoms with van der Waals surface area (Å²) in [5.41, 5.74) is 1.30. The molecule has 0 unspecified atom stereocenters. The molecule has 2 saturated heterocycles. The van der Waals surface area contributed by atoms with Crippen LogP contribution in [0, 0.1) is 32.5 Å². The Morgan fingerprint density at radius 2 is 0.589 bits per heavy atom. The Balaban J connectivity index is 0.000000329. The largest absolute Gasteiger partial charge is 0.349 e. The summed E-state index contributed by atoms with van der Waals surface area (Å²) in [6.45, 7) is 74.4. The lowest BCUT2D eigenvalue weighted by molar-refractivity contribution is 0.0942. The molecule has 2 aromatic rings. The highest BCUT2D eigenvalue weighted by atomic mass is 15.4. The van der Waals surface area contributed by atoms with Gasteiger partial charge < -0.3 is 40.9 Å². The summed E-state index contributed by atoms with van der Waals surface area (Å²) in [7, 11) is 0. The molecule has 0 atom stereocenters. The quantitative estimate of drug-likeness (QED) is 0.0665. The molecule has 4 fully saturated rings. The molecular weight excluding hydrogens is 1110 g/mol. The maximum Gasteiger partial charge on any atom is 0.232 e. The normalized spacial score (nSPS) is 21.8. The van der Waals surface area contributed by atoms with Gasteiger partial charge in [-0.15, -0.1) is 0 Å². The molecule has 4 N–H and O–H groups in total. The molecule has 4 aliphatic rings. The van der Waals surface area contributed by atoms with Crippen molar-refractivity contribution in [3.8, 4) is 0 Å². The third kappa shape index (κ3) is 24.8. The van der Waals surface area contributed by atoms with Gasteiger partial charge in [0.05, 0.1) is 0 Å². The van der Waals surface area contributed by atoms with E-state index in [1.807, 2.05) is 0 Å². The number of aromatic nitrogens is 6. The summed E-state index contributed by atoms with van der Waals surface area (Å²) in [5, 5.41) is 15.4. The zero-order chi connectivity index (χ0) is 68.1. The van der Waals surface area contributed by atoms with Crippen LogP contribution in [-0.2, 0) is 0 Å². The first-order valence-electron chi connectivity index (χ1n) is 36.6. The summed E-state index contributed by atoms with van der Waals surface area (Å²) in [6.07, 6.45) is 22.7. The van der Waals surface area contributed by atoms with E-state index in [1.54, 1.807) is 0 Å². The smallest absolute Gasteiger partial charge is 0.232 e. The summed E-state index contributed by atoms with van der Waals surface area (Å²) < 4.78 is 0. The second kappa shape index (κ2) is 29.4. The maximum absolute atomic E-state index is 5.51. The Hall–Kier alpha value is -3.26. The number of unbranched alkanes of at least 4 members (excludes halogenated alkanes) is 4. The van der Waals surface area contributed by atoms with E-state index in [9.17, 15) is 0 Å². The van der Waals surface area contributed by atoms with Gasteiger partial charge in [0.25, 0.3) is 0 Å². The van der Waals surface area contributed by atoms with Crippen molar-refractivity contribution in [3.05, 3.63) is 0 Å². The second-order valence-electron chi connectivity index (χ2n) is 39.2. The first-order chi connectivity index (χ1) is 40.9. The number of nitrogens with one attached hydrogen (secondary N) is 4. The summed E-state index contributed by atoms with van der Waals surface area (Å²) in [6, 6.07) is 1.51. The molecule has 0 radical (unpaired) electrons. The van der Waals surface area contributed by atoms with Gasteiger partial charge in [0.2, 0.25) is 35.7 Å². The molecule has 14 heteroatoms. The van der Waals surface area contributed by atoms with Crippen LogP contribution in [0.25, 0.3) is 0 Å². The van der Waals surface area contributed by atoms with Crippen LogP contribution in [0.1, 0.15) is 336 Å². The molecule has 2 aliphatic carbocycles. The van der Waals surface area contributed by atoms with Crippen LogP contribution in [0.15, 0.2) is 0 Å². The number of rotatable bonds is 26. The van der Waals surface area contributed by atoms with Gasteiger partial charge in [0.1, 0.15) is 0 Å². The average Bonchev–Trinajstić information content (AvgIpc) is 0.967. The van der Waals surface area contributed by atoms with Crippen LogP contribution in [-0.4, -0.2) is 113 Å². The van der Waals surface area contributed by atoms with E-state index in [0.717, 1.165) is 133 Å². The van der Waals surface area contributed by atoms with Gasteiger partial charge in [-0.05, 0) is 218 Å². The van der Waals surface area contributed by atoms with Crippen molar-refractivity contribution in [2.24, 2.45) is 32.5 Å². The molecule has 0 bridgehead atoms. The lowest BCUT2D eigenvalue weighted by Gasteiger charge is -2.50. The molecule has 6 rings (SSSR count). The van der Waals surface area contributed by atoms with Crippen LogP contribution < -0.4 is 40.9 Å². The number of piperidine rings is 2. The fourth-order valence-corrected chi connectivity index (χ4v) is 19.0. The van der Waals surface area contributed by atoms with E-state index in [2.05, 4.69) is 249 Å². The Kier molecular flexibility index (Phi) is 25.3. The molecule has 520 valence electrons. The molecule has 2 aromatic heterocycles. The monoisotopic (exact) mass is 1260 g/mol. The van der Waals surface area contributed by atoms with Crippen LogP contribution in [0.2, 0.25) is 0 Å². The minimum atomic E-state index is -0.165. The molecule has 2 aliphatic heterocycles. The van der Waals surface area contributed by atoms with Gasteiger partial charge in [0, 0.05) is 83.6 Å². The Bertz CT molecular complexity index is 2340. The van der Waals surface area contributed by atoms with Gasteiger partial charge in [-0.25, -0.2) is 0 Å². The highest BCUT2D eigenvalue weighted by Gasteiger charge is 2.46. The fourth-order valence-electron chi connectivity index (χ4n) is 19.0. The second-order valence-corrected chi connectivity index (χ2v) is 39.2. The van der Waals surface area contributed by atoms with Crippen molar-refractivity contribution >= 4 is 35.7 Å². The van der Waals surface area contributed by atoms with Gasteiger partial charge in [0.15, 0.2) is 0 Å². The van der Waals surface area contributed by atoms with Crippen LogP contribution in [0.3, 0.4) is 0 Å². The van der Waals surface area contributed by atoms with Gasteiger partial charge >= 0.3 is 0 Å². The zero-order valence-electron chi connectivity index (χ0n) is 64.8. The number of hydrogen-bond acceptors (Lipinski definition) is 14. The maximum atomic E-state index is 5.51. The number of nitrogens with zero attached hydrogens (tertiary/aromatic N) is 10. The van der Waals surface area contributed by atoms with Crippen molar-refractivity contribution in [2.45, 2.75) is 394 Å². The lowest BCUT2D eigenvalue weighted by atomic mass is 9.63. The molecular formula is C76H146N14. The van der Waals surface area contributed by atoms with E-state index in [1.165, 1.54) is 51.4 Å². The zero-order valence-corrected chi connectivity index (χ0v) is 64.8. The minimum absolute atomic E-state index is 0.0342. The van der Waals surface area contributed by atoms with E-state index in [0.29, 0.717) is 30.1 Å². The average molecular weight is 1260 g/mol. The first kappa shape index (κ1) is 77.4. The molecule has 14 nitrogen and oxygen atoms in total. The van der Waals surface area contributed by atoms with Gasteiger partial charge in [-0.2, -0.15) is 29.9 Å². The fraction of sp³-hybridized carbons (Fsp3) is 0.921. The number of anilines is 6. The molecule has 2 saturated carbocycles. The van der Waals surface area contributed by atoms with Gasteiger partial charge in [-0.3, -0.25) is 0 Å². The van der Waals surface area contributed by atoms with Crippen LogP contribution >= 0.6 is 0 Å².